The van der Waals surface area contributed by atoms with Gasteiger partial charge < -0.3 is 25.1 Å². The lowest BCUT2D eigenvalue weighted by atomic mass is 9.83. The number of phenolic OH excluding ortho intramolecular Hbond substituents is 1. The summed E-state index contributed by atoms with van der Waals surface area (Å²) >= 11 is 12.3. The van der Waals surface area contributed by atoms with Gasteiger partial charge in [0.2, 0.25) is 5.91 Å². The smallest absolute Gasteiger partial charge is 0.254 e. The van der Waals surface area contributed by atoms with Gasteiger partial charge in [0.25, 0.3) is 5.91 Å². The van der Waals surface area contributed by atoms with Gasteiger partial charge in [-0.15, -0.1) is 0 Å². The third kappa shape index (κ3) is 3.49. The van der Waals surface area contributed by atoms with Crippen LogP contribution in [0.3, 0.4) is 0 Å². The maximum Gasteiger partial charge on any atom is 0.254 e. The molecule has 0 bridgehead atoms. The number of rotatable bonds is 3. The minimum absolute atomic E-state index is 0.0589. The average molecular weight is 403 g/mol. The number of aliphatic hydroxyl groups is 2. The topological polar surface area (TPSA) is 101 Å². The quantitative estimate of drug-likeness (QED) is 0.698. The Kier molecular flexibility index (Phi) is 5.62. The van der Waals surface area contributed by atoms with E-state index in [0.717, 1.165) is 0 Å². The number of piperidine rings is 1. The standard InChI is InChI=1S/C17H20Cl2N2O5/c18-11-1-2-12(23)15(16(11)19)9-3-4-21-10(5-9)6-20(7-14(21)25)17(26)13(24)8-22/h1-2,9-10,13,22-24H,3-8H2/t9-,10+,13-/m0/s1. The third-order valence-electron chi connectivity index (χ3n) is 5.08. The lowest BCUT2D eigenvalue weighted by molar-refractivity contribution is -0.155. The molecule has 2 aliphatic heterocycles. The van der Waals surface area contributed by atoms with E-state index in [9.17, 15) is 19.8 Å². The minimum atomic E-state index is -1.53. The SMILES string of the molecule is O=C([C@@H](O)CO)N1CC(=O)N2CC[C@H](c3c(O)ccc(Cl)c3Cl)C[C@@H]2C1. The van der Waals surface area contributed by atoms with E-state index in [1.807, 2.05) is 0 Å². The van der Waals surface area contributed by atoms with Gasteiger partial charge in [-0.3, -0.25) is 9.59 Å². The van der Waals surface area contributed by atoms with Crippen LogP contribution in [-0.2, 0) is 9.59 Å². The van der Waals surface area contributed by atoms with Crippen molar-refractivity contribution in [2.75, 3.05) is 26.2 Å². The van der Waals surface area contributed by atoms with Crippen LogP contribution < -0.4 is 0 Å². The first-order chi connectivity index (χ1) is 12.3. The number of aliphatic hydroxyl groups excluding tert-OH is 2. The molecule has 0 aromatic heterocycles. The van der Waals surface area contributed by atoms with Crippen molar-refractivity contribution < 1.29 is 24.9 Å². The second kappa shape index (κ2) is 7.60. The molecule has 3 N–H and O–H groups in total. The van der Waals surface area contributed by atoms with E-state index in [1.165, 1.54) is 17.0 Å². The van der Waals surface area contributed by atoms with Crippen molar-refractivity contribution in [1.82, 2.24) is 9.80 Å². The van der Waals surface area contributed by atoms with Crippen LogP contribution in [0.4, 0.5) is 0 Å². The number of carbonyl (C=O) groups excluding carboxylic acids is 2. The van der Waals surface area contributed by atoms with Gasteiger partial charge in [-0.1, -0.05) is 23.2 Å². The molecule has 0 saturated carbocycles. The molecule has 0 radical (unpaired) electrons. The zero-order chi connectivity index (χ0) is 19.0. The number of amides is 2. The lowest BCUT2D eigenvalue weighted by Gasteiger charge is -2.46. The molecule has 1 aromatic rings. The number of piperazine rings is 1. The number of halogens is 2. The molecule has 1 aromatic carbocycles. The van der Waals surface area contributed by atoms with Crippen LogP contribution in [0.5, 0.6) is 5.75 Å². The molecular weight excluding hydrogens is 383 g/mol. The molecule has 2 aliphatic rings. The normalized spacial score (nSPS) is 24.4. The fourth-order valence-corrected chi connectivity index (χ4v) is 4.27. The fraction of sp³-hybridized carbons (Fsp3) is 0.529. The van der Waals surface area contributed by atoms with E-state index in [-0.39, 0.29) is 36.7 Å². The number of hydrogen-bond donors (Lipinski definition) is 3. The summed E-state index contributed by atoms with van der Waals surface area (Å²) in [5.41, 5.74) is 0.560. The van der Waals surface area contributed by atoms with Gasteiger partial charge in [-0.05, 0) is 30.9 Å². The number of aromatic hydroxyl groups is 1. The highest BCUT2D eigenvalue weighted by Gasteiger charge is 2.41. The predicted octanol–water partition coefficient (Wildman–Crippen LogP) is 0.969. The van der Waals surface area contributed by atoms with Crippen LogP contribution in [0.1, 0.15) is 24.3 Å². The molecule has 7 nitrogen and oxygen atoms in total. The maximum absolute atomic E-state index is 12.4. The van der Waals surface area contributed by atoms with E-state index in [2.05, 4.69) is 0 Å². The summed E-state index contributed by atoms with van der Waals surface area (Å²) in [5.74, 6) is -0.900. The Balaban J connectivity index is 1.81. The fourth-order valence-electron chi connectivity index (χ4n) is 3.79. The Morgan fingerprint density at radius 1 is 1.35 bits per heavy atom. The second-order valence-electron chi connectivity index (χ2n) is 6.67. The summed E-state index contributed by atoms with van der Waals surface area (Å²) in [6, 6.07) is 2.77. The van der Waals surface area contributed by atoms with Gasteiger partial charge in [0.05, 0.1) is 23.2 Å². The molecule has 9 heteroatoms. The highest BCUT2D eigenvalue weighted by atomic mass is 35.5. The summed E-state index contributed by atoms with van der Waals surface area (Å²) in [5, 5.41) is 29.4. The van der Waals surface area contributed by atoms with Crippen LogP contribution >= 0.6 is 23.2 Å². The largest absolute Gasteiger partial charge is 0.508 e. The summed E-state index contributed by atoms with van der Waals surface area (Å²) in [7, 11) is 0. The Morgan fingerprint density at radius 2 is 2.08 bits per heavy atom. The van der Waals surface area contributed by atoms with E-state index >= 15 is 0 Å². The van der Waals surface area contributed by atoms with Crippen LogP contribution in [0.15, 0.2) is 12.1 Å². The van der Waals surface area contributed by atoms with E-state index in [1.54, 1.807) is 4.90 Å². The first-order valence-corrected chi connectivity index (χ1v) is 9.13. The summed E-state index contributed by atoms with van der Waals surface area (Å²) in [6.45, 7) is -0.0507. The van der Waals surface area contributed by atoms with Crippen molar-refractivity contribution in [3.63, 3.8) is 0 Å². The summed E-state index contributed by atoms with van der Waals surface area (Å²) in [4.78, 5) is 27.5. The van der Waals surface area contributed by atoms with E-state index < -0.39 is 18.6 Å². The van der Waals surface area contributed by atoms with Crippen LogP contribution in [-0.4, -0.2) is 75.3 Å². The Labute approximate surface area is 160 Å². The number of hydrogen-bond acceptors (Lipinski definition) is 5. The molecule has 2 fully saturated rings. The number of benzene rings is 1. The summed E-state index contributed by atoms with van der Waals surface area (Å²) < 4.78 is 0. The second-order valence-corrected chi connectivity index (χ2v) is 7.46. The van der Waals surface area contributed by atoms with Crippen LogP contribution in [0, 0.1) is 0 Å². The number of carbonyl (C=O) groups is 2. The Hall–Kier alpha value is -1.54. The minimum Gasteiger partial charge on any atom is -0.508 e. The van der Waals surface area contributed by atoms with Gasteiger partial charge in [0, 0.05) is 24.7 Å². The van der Waals surface area contributed by atoms with Gasteiger partial charge in [-0.25, -0.2) is 0 Å². The molecule has 2 amide bonds. The van der Waals surface area contributed by atoms with Crippen molar-refractivity contribution in [1.29, 1.82) is 0 Å². The molecule has 2 heterocycles. The molecule has 2 saturated heterocycles. The van der Waals surface area contributed by atoms with E-state index in [4.69, 9.17) is 28.3 Å². The number of fused-ring (bicyclic) bond motifs is 1. The molecule has 3 atom stereocenters. The third-order valence-corrected chi connectivity index (χ3v) is 5.90. The zero-order valence-electron chi connectivity index (χ0n) is 13.9. The van der Waals surface area contributed by atoms with Gasteiger partial charge in [0.15, 0.2) is 6.10 Å². The Morgan fingerprint density at radius 3 is 2.77 bits per heavy atom. The molecule has 0 aliphatic carbocycles. The number of phenols is 1. The van der Waals surface area contributed by atoms with E-state index in [0.29, 0.717) is 35.0 Å². The highest BCUT2D eigenvalue weighted by molar-refractivity contribution is 6.42. The molecule has 3 rings (SSSR count). The average Bonchev–Trinajstić information content (AvgIpc) is 2.63. The monoisotopic (exact) mass is 402 g/mol. The highest BCUT2D eigenvalue weighted by Crippen LogP contribution is 2.43. The first-order valence-electron chi connectivity index (χ1n) is 8.37. The van der Waals surface area contributed by atoms with Crippen LogP contribution in [0.2, 0.25) is 10.0 Å². The van der Waals surface area contributed by atoms with Crippen molar-refractivity contribution in [2.45, 2.75) is 30.9 Å². The molecule has 0 spiro atoms. The van der Waals surface area contributed by atoms with Gasteiger partial charge in [-0.2, -0.15) is 0 Å². The lowest BCUT2D eigenvalue weighted by Crippen LogP contribution is -2.61. The van der Waals surface area contributed by atoms with Crippen molar-refractivity contribution in [3.8, 4) is 5.75 Å². The van der Waals surface area contributed by atoms with Crippen molar-refractivity contribution in [2.24, 2.45) is 0 Å². The number of nitrogens with zero attached hydrogens (tertiary/aromatic N) is 2. The predicted molar refractivity (Wildman–Crippen MR) is 95.3 cm³/mol. The van der Waals surface area contributed by atoms with Crippen LogP contribution in [0.25, 0.3) is 0 Å². The molecule has 26 heavy (non-hydrogen) atoms. The first kappa shape index (κ1) is 19.2. The Bertz CT molecular complexity index is 729. The van der Waals surface area contributed by atoms with Crippen molar-refractivity contribution >= 4 is 35.0 Å². The summed E-state index contributed by atoms with van der Waals surface area (Å²) in [6.07, 6.45) is -0.387. The van der Waals surface area contributed by atoms with Gasteiger partial charge in [0.1, 0.15) is 5.75 Å². The maximum atomic E-state index is 12.4. The molecular formula is C17H20Cl2N2O5. The molecule has 142 valence electrons. The van der Waals surface area contributed by atoms with Crippen molar-refractivity contribution in [3.05, 3.63) is 27.7 Å². The zero-order valence-corrected chi connectivity index (χ0v) is 15.4. The van der Waals surface area contributed by atoms with Gasteiger partial charge >= 0.3 is 0 Å². The molecule has 0 unspecified atom stereocenters.